The molecule has 0 radical (unpaired) electrons. The topological polar surface area (TPSA) is 64.6 Å². The minimum atomic E-state index is -0.603. The molecule has 0 fully saturated rings. The lowest BCUT2D eigenvalue weighted by Gasteiger charge is -2.09. The number of aryl methyl sites for hydroxylation is 2. The van der Waals surface area contributed by atoms with Gasteiger partial charge in [-0.15, -0.1) is 0 Å². The molecular weight excluding hydrogens is 325 g/mol. The van der Waals surface area contributed by atoms with Gasteiger partial charge in [-0.1, -0.05) is 12.1 Å². The predicted octanol–water partition coefficient (Wildman–Crippen LogP) is 2.92. The smallest absolute Gasteiger partial charge is 0.325 e. The molecule has 2 aromatic rings. The Balaban J connectivity index is 1.83. The van der Waals surface area contributed by atoms with Crippen molar-refractivity contribution < 1.29 is 23.5 Å². The Bertz CT molecular complexity index is 789. The van der Waals surface area contributed by atoms with Gasteiger partial charge >= 0.3 is 5.97 Å². The largest absolute Gasteiger partial charge is 0.494 e. The van der Waals surface area contributed by atoms with Crippen LogP contribution in [0.2, 0.25) is 0 Å². The second-order valence-corrected chi connectivity index (χ2v) is 5.61. The van der Waals surface area contributed by atoms with Crippen molar-refractivity contribution in [2.75, 3.05) is 13.7 Å². The maximum absolute atomic E-state index is 13.6. The summed E-state index contributed by atoms with van der Waals surface area (Å²) in [5.41, 5.74) is 3.06. The molecule has 0 heterocycles. The van der Waals surface area contributed by atoms with E-state index < -0.39 is 11.8 Å². The molecule has 0 aliphatic carbocycles. The molecule has 0 saturated carbocycles. The standard InChI is InChI=1S/C19H20FNO4/c1-12-4-6-15(8-13(12)2)19(23)21-10-18(22)25-11-14-5-7-17(24-3)16(20)9-14/h4-9H,10-11H2,1-3H3,(H,21,23). The SMILES string of the molecule is COc1ccc(COC(=O)CNC(=O)c2ccc(C)c(C)c2)cc1F. The Hall–Kier alpha value is -2.89. The number of esters is 1. The Kier molecular flexibility index (Phi) is 6.11. The van der Waals surface area contributed by atoms with Crippen LogP contribution < -0.4 is 10.1 Å². The maximum atomic E-state index is 13.6. The van der Waals surface area contributed by atoms with Gasteiger partial charge in [0, 0.05) is 5.56 Å². The number of hydrogen-bond donors (Lipinski definition) is 1. The van der Waals surface area contributed by atoms with Gasteiger partial charge in [-0.2, -0.15) is 0 Å². The molecular formula is C19H20FNO4. The third-order valence-corrected chi connectivity index (χ3v) is 3.78. The highest BCUT2D eigenvalue weighted by molar-refractivity contribution is 5.96. The molecule has 6 heteroatoms. The molecule has 0 atom stereocenters. The minimum absolute atomic E-state index is 0.0841. The lowest BCUT2D eigenvalue weighted by Crippen LogP contribution is -2.30. The van der Waals surface area contributed by atoms with E-state index in [4.69, 9.17) is 9.47 Å². The van der Waals surface area contributed by atoms with Gasteiger partial charge in [-0.25, -0.2) is 4.39 Å². The van der Waals surface area contributed by atoms with E-state index in [9.17, 15) is 14.0 Å². The zero-order chi connectivity index (χ0) is 18.4. The Morgan fingerprint density at radius 1 is 1.08 bits per heavy atom. The fraction of sp³-hybridized carbons (Fsp3) is 0.263. The first-order valence-electron chi connectivity index (χ1n) is 7.74. The molecule has 0 aromatic heterocycles. The summed E-state index contributed by atoms with van der Waals surface area (Å²) in [5.74, 6) is -1.36. The van der Waals surface area contributed by atoms with Crippen molar-refractivity contribution in [2.24, 2.45) is 0 Å². The van der Waals surface area contributed by atoms with Crippen molar-refractivity contribution in [3.63, 3.8) is 0 Å². The Morgan fingerprint density at radius 2 is 1.84 bits per heavy atom. The minimum Gasteiger partial charge on any atom is -0.494 e. The van der Waals surface area contributed by atoms with Gasteiger partial charge in [0.1, 0.15) is 13.2 Å². The van der Waals surface area contributed by atoms with Crippen molar-refractivity contribution in [3.8, 4) is 5.75 Å². The van der Waals surface area contributed by atoms with Gasteiger partial charge in [0.05, 0.1) is 7.11 Å². The highest BCUT2D eigenvalue weighted by Crippen LogP contribution is 2.18. The first kappa shape index (κ1) is 18.4. The molecule has 5 nitrogen and oxygen atoms in total. The first-order chi connectivity index (χ1) is 11.9. The molecule has 0 bridgehead atoms. The van der Waals surface area contributed by atoms with Gasteiger partial charge in [0.2, 0.25) is 0 Å². The third kappa shape index (κ3) is 5.04. The van der Waals surface area contributed by atoms with E-state index in [2.05, 4.69) is 5.32 Å². The number of methoxy groups -OCH3 is 1. The number of amides is 1. The number of nitrogens with one attached hydrogen (secondary N) is 1. The average molecular weight is 345 g/mol. The number of hydrogen-bond acceptors (Lipinski definition) is 4. The maximum Gasteiger partial charge on any atom is 0.325 e. The summed E-state index contributed by atoms with van der Waals surface area (Å²) in [6.45, 7) is 3.52. The van der Waals surface area contributed by atoms with E-state index in [0.717, 1.165) is 11.1 Å². The number of rotatable bonds is 6. The monoisotopic (exact) mass is 345 g/mol. The summed E-state index contributed by atoms with van der Waals surface area (Å²) in [7, 11) is 1.37. The summed E-state index contributed by atoms with van der Waals surface area (Å²) in [6.07, 6.45) is 0. The summed E-state index contributed by atoms with van der Waals surface area (Å²) in [5, 5.41) is 2.50. The van der Waals surface area contributed by atoms with E-state index in [0.29, 0.717) is 11.1 Å². The summed E-state index contributed by atoms with van der Waals surface area (Å²) in [4.78, 5) is 23.7. The van der Waals surface area contributed by atoms with Crippen LogP contribution in [0.4, 0.5) is 4.39 Å². The second kappa shape index (κ2) is 8.28. The van der Waals surface area contributed by atoms with Crippen LogP contribution in [0.1, 0.15) is 27.0 Å². The number of carbonyl (C=O) groups excluding carboxylic acids is 2. The van der Waals surface area contributed by atoms with Gasteiger partial charge in [0.15, 0.2) is 11.6 Å². The Morgan fingerprint density at radius 3 is 2.48 bits per heavy atom. The van der Waals surface area contributed by atoms with Gasteiger partial charge < -0.3 is 14.8 Å². The van der Waals surface area contributed by atoms with Crippen LogP contribution in [0.25, 0.3) is 0 Å². The normalized spacial score (nSPS) is 10.2. The predicted molar refractivity (Wildman–Crippen MR) is 91.0 cm³/mol. The molecule has 132 valence electrons. The van der Waals surface area contributed by atoms with Crippen LogP contribution in [0.3, 0.4) is 0 Å². The molecule has 2 rings (SSSR count). The van der Waals surface area contributed by atoms with Gasteiger partial charge in [-0.05, 0) is 54.8 Å². The van der Waals surface area contributed by atoms with Crippen molar-refractivity contribution >= 4 is 11.9 Å². The van der Waals surface area contributed by atoms with Crippen LogP contribution in [0.5, 0.6) is 5.75 Å². The fourth-order valence-corrected chi connectivity index (χ4v) is 2.15. The molecule has 0 aliphatic rings. The molecule has 1 amide bonds. The van der Waals surface area contributed by atoms with E-state index in [1.54, 1.807) is 18.2 Å². The third-order valence-electron chi connectivity index (χ3n) is 3.78. The summed E-state index contributed by atoms with van der Waals surface area (Å²) in [6, 6.07) is 9.60. The van der Waals surface area contributed by atoms with Crippen LogP contribution >= 0.6 is 0 Å². The number of benzene rings is 2. The van der Waals surface area contributed by atoms with Crippen LogP contribution in [0.15, 0.2) is 36.4 Å². The lowest BCUT2D eigenvalue weighted by molar-refractivity contribution is -0.143. The summed E-state index contributed by atoms with van der Waals surface area (Å²) >= 11 is 0. The van der Waals surface area contributed by atoms with Crippen LogP contribution in [0, 0.1) is 19.7 Å². The number of carbonyl (C=O) groups is 2. The highest BCUT2D eigenvalue weighted by atomic mass is 19.1. The van der Waals surface area contributed by atoms with Gasteiger partial charge in [-0.3, -0.25) is 9.59 Å². The van der Waals surface area contributed by atoms with Crippen molar-refractivity contribution in [1.29, 1.82) is 0 Å². The molecule has 0 saturated heterocycles. The van der Waals surface area contributed by atoms with E-state index >= 15 is 0 Å². The second-order valence-electron chi connectivity index (χ2n) is 5.61. The zero-order valence-corrected chi connectivity index (χ0v) is 14.4. The average Bonchev–Trinajstić information content (AvgIpc) is 2.60. The van der Waals surface area contributed by atoms with E-state index in [1.807, 2.05) is 19.9 Å². The van der Waals surface area contributed by atoms with Crippen LogP contribution in [-0.2, 0) is 16.1 Å². The summed E-state index contributed by atoms with van der Waals surface area (Å²) < 4.78 is 23.4. The molecule has 0 unspecified atom stereocenters. The number of ether oxygens (including phenoxy) is 2. The van der Waals surface area contributed by atoms with Crippen molar-refractivity contribution in [1.82, 2.24) is 5.32 Å². The lowest BCUT2D eigenvalue weighted by atomic mass is 10.1. The highest BCUT2D eigenvalue weighted by Gasteiger charge is 2.10. The van der Waals surface area contributed by atoms with E-state index in [1.165, 1.54) is 19.2 Å². The quantitative estimate of drug-likeness (QED) is 0.818. The van der Waals surface area contributed by atoms with Gasteiger partial charge in [0.25, 0.3) is 5.91 Å². The Labute approximate surface area is 145 Å². The molecule has 0 aliphatic heterocycles. The fourth-order valence-electron chi connectivity index (χ4n) is 2.15. The van der Waals surface area contributed by atoms with Crippen molar-refractivity contribution in [2.45, 2.75) is 20.5 Å². The zero-order valence-electron chi connectivity index (χ0n) is 14.4. The molecule has 1 N–H and O–H groups in total. The number of halogens is 1. The first-order valence-corrected chi connectivity index (χ1v) is 7.74. The van der Waals surface area contributed by atoms with Crippen molar-refractivity contribution in [3.05, 3.63) is 64.5 Å². The van der Waals surface area contributed by atoms with E-state index in [-0.39, 0.29) is 24.8 Å². The van der Waals surface area contributed by atoms with Crippen LogP contribution in [-0.4, -0.2) is 25.5 Å². The molecule has 2 aromatic carbocycles. The molecule has 25 heavy (non-hydrogen) atoms. The molecule has 0 spiro atoms.